The van der Waals surface area contributed by atoms with E-state index in [0.29, 0.717) is 12.3 Å². The van der Waals surface area contributed by atoms with Crippen molar-refractivity contribution < 1.29 is 14.3 Å². The molecule has 0 unspecified atom stereocenters. The van der Waals surface area contributed by atoms with E-state index in [2.05, 4.69) is 17.9 Å². The lowest BCUT2D eigenvalue weighted by Crippen LogP contribution is -2.44. The van der Waals surface area contributed by atoms with Crippen LogP contribution in [0, 0.1) is 6.92 Å². The Morgan fingerprint density at radius 3 is 2.73 bits per heavy atom. The minimum atomic E-state index is -0.0853. The summed E-state index contributed by atoms with van der Waals surface area (Å²) in [6, 6.07) is 15.6. The Morgan fingerprint density at radius 1 is 1.20 bits per heavy atom. The van der Waals surface area contributed by atoms with Crippen LogP contribution in [0.15, 0.2) is 48.5 Å². The molecule has 8 heteroatoms. The largest absolute Gasteiger partial charge is 0.484 e. The van der Waals surface area contributed by atoms with Gasteiger partial charge in [0.05, 0.1) is 23.4 Å². The van der Waals surface area contributed by atoms with Crippen molar-refractivity contribution in [3.05, 3.63) is 54.1 Å². The minimum Gasteiger partial charge on any atom is -0.484 e. The predicted molar refractivity (Wildman–Crippen MR) is 123 cm³/mol. The average Bonchev–Trinajstić information content (AvgIpc) is 3.16. The summed E-state index contributed by atoms with van der Waals surface area (Å²) in [4.78, 5) is 21.9. The maximum Gasteiger partial charge on any atom is 0.266 e. The van der Waals surface area contributed by atoms with E-state index < -0.39 is 0 Å². The monoisotopic (exact) mass is 447 g/mol. The van der Waals surface area contributed by atoms with Crippen molar-refractivity contribution in [1.82, 2.24) is 9.88 Å². The van der Waals surface area contributed by atoms with Gasteiger partial charge in [-0.05, 0) is 36.8 Å². The predicted octanol–water partition coefficient (Wildman–Crippen LogP) is 3.77. The first-order chi connectivity index (χ1) is 14.2. The molecule has 4 rings (SSSR count). The van der Waals surface area contributed by atoms with Gasteiger partial charge in [0, 0.05) is 26.2 Å². The Kier molecular flexibility index (Phi) is 8.04. The number of thiazole rings is 1. The Morgan fingerprint density at radius 2 is 1.97 bits per heavy atom. The summed E-state index contributed by atoms with van der Waals surface area (Å²) < 4.78 is 12.2. The van der Waals surface area contributed by atoms with Crippen LogP contribution in [0.5, 0.6) is 5.75 Å². The highest BCUT2D eigenvalue weighted by molar-refractivity contribution is 7.22. The van der Waals surface area contributed by atoms with Crippen LogP contribution >= 0.6 is 23.7 Å². The van der Waals surface area contributed by atoms with Crippen LogP contribution in [0.3, 0.4) is 0 Å². The number of carbonyl (C=O) groups is 1. The Labute approximate surface area is 186 Å². The topological polar surface area (TPSA) is 54.9 Å². The zero-order valence-electron chi connectivity index (χ0n) is 17.0. The molecule has 0 spiro atoms. The highest BCUT2D eigenvalue weighted by Crippen LogP contribution is 2.29. The summed E-state index contributed by atoms with van der Waals surface area (Å²) in [6.45, 7) is 6.68. The molecule has 0 N–H and O–H groups in total. The second kappa shape index (κ2) is 10.7. The Balaban J connectivity index is 0.00000256. The second-order valence-electron chi connectivity index (χ2n) is 7.07. The number of fused-ring (bicyclic) bond motifs is 1. The van der Waals surface area contributed by atoms with Crippen LogP contribution in [0.4, 0.5) is 5.13 Å². The highest BCUT2D eigenvalue weighted by Gasteiger charge is 2.22. The molecule has 1 amide bonds. The number of benzene rings is 2. The van der Waals surface area contributed by atoms with Crippen LogP contribution in [0.1, 0.15) is 5.56 Å². The highest BCUT2D eigenvalue weighted by atomic mass is 35.5. The number of aromatic nitrogens is 1. The summed E-state index contributed by atoms with van der Waals surface area (Å²) in [6.07, 6.45) is 0. The molecule has 160 valence electrons. The molecule has 1 fully saturated rings. The summed E-state index contributed by atoms with van der Waals surface area (Å²) in [5.41, 5.74) is 2.11. The van der Waals surface area contributed by atoms with Crippen LogP contribution in [0.25, 0.3) is 10.2 Å². The quantitative estimate of drug-likeness (QED) is 0.551. The number of aryl methyl sites for hydroxylation is 1. The number of morpholine rings is 1. The number of hydrogen-bond donors (Lipinski definition) is 0. The smallest absolute Gasteiger partial charge is 0.266 e. The third-order valence-electron chi connectivity index (χ3n) is 4.91. The number of rotatable bonds is 7. The lowest BCUT2D eigenvalue weighted by atomic mass is 10.2. The van der Waals surface area contributed by atoms with E-state index in [1.165, 1.54) is 5.56 Å². The number of halogens is 1. The van der Waals surface area contributed by atoms with Gasteiger partial charge in [-0.25, -0.2) is 4.98 Å². The molecule has 2 heterocycles. The first-order valence-electron chi connectivity index (χ1n) is 9.84. The molecule has 6 nitrogen and oxygen atoms in total. The molecular formula is C22H26ClN3O3S. The van der Waals surface area contributed by atoms with E-state index in [9.17, 15) is 4.79 Å². The molecule has 1 saturated heterocycles. The number of ether oxygens (including phenoxy) is 2. The molecule has 0 radical (unpaired) electrons. The van der Waals surface area contributed by atoms with E-state index in [-0.39, 0.29) is 24.9 Å². The van der Waals surface area contributed by atoms with Gasteiger partial charge in [0.2, 0.25) is 0 Å². The van der Waals surface area contributed by atoms with Gasteiger partial charge in [-0.1, -0.05) is 35.6 Å². The standard InChI is InChI=1S/C22H25N3O3S.ClH/c1-17-7-8-19-20(15-17)29-22(23-19)25(10-9-24-11-13-27-14-12-24)21(26)16-28-18-5-3-2-4-6-18;/h2-8,15H,9-14,16H2,1H3;1H. The van der Waals surface area contributed by atoms with E-state index in [0.717, 1.165) is 48.2 Å². The van der Waals surface area contributed by atoms with Gasteiger partial charge in [0.15, 0.2) is 11.7 Å². The Bertz CT molecular complexity index is 961. The lowest BCUT2D eigenvalue weighted by molar-refractivity contribution is -0.120. The summed E-state index contributed by atoms with van der Waals surface area (Å²) in [5.74, 6) is 0.604. The number of carbonyl (C=O) groups excluding carboxylic acids is 1. The summed E-state index contributed by atoms with van der Waals surface area (Å²) in [5, 5.41) is 0.723. The SMILES string of the molecule is Cc1ccc2nc(N(CCN3CCOCC3)C(=O)COc3ccccc3)sc2c1.Cl. The minimum absolute atomic E-state index is 0. The molecule has 2 aromatic carbocycles. The van der Waals surface area contributed by atoms with E-state index in [4.69, 9.17) is 14.5 Å². The number of amides is 1. The molecule has 1 aromatic heterocycles. The van der Waals surface area contributed by atoms with Gasteiger partial charge in [0.1, 0.15) is 5.75 Å². The zero-order chi connectivity index (χ0) is 20.1. The van der Waals surface area contributed by atoms with Gasteiger partial charge in [-0.3, -0.25) is 14.6 Å². The fourth-order valence-electron chi connectivity index (χ4n) is 3.27. The normalized spacial score (nSPS) is 14.3. The molecule has 1 aliphatic heterocycles. The van der Waals surface area contributed by atoms with Crippen LogP contribution in [-0.2, 0) is 9.53 Å². The van der Waals surface area contributed by atoms with Gasteiger partial charge in [-0.15, -0.1) is 12.4 Å². The van der Waals surface area contributed by atoms with Gasteiger partial charge < -0.3 is 9.47 Å². The van der Waals surface area contributed by atoms with Crippen molar-refractivity contribution in [2.45, 2.75) is 6.92 Å². The molecule has 0 atom stereocenters. The summed E-state index contributed by atoms with van der Waals surface area (Å²) in [7, 11) is 0. The molecule has 0 aliphatic carbocycles. The average molecular weight is 448 g/mol. The number of nitrogens with zero attached hydrogens (tertiary/aromatic N) is 3. The van der Waals surface area contributed by atoms with Crippen molar-refractivity contribution in [1.29, 1.82) is 0 Å². The van der Waals surface area contributed by atoms with Crippen molar-refractivity contribution in [3.63, 3.8) is 0 Å². The fourth-order valence-corrected chi connectivity index (χ4v) is 4.38. The number of anilines is 1. The van der Waals surface area contributed by atoms with Crippen molar-refractivity contribution in [2.75, 3.05) is 50.9 Å². The van der Waals surface area contributed by atoms with Crippen molar-refractivity contribution in [2.24, 2.45) is 0 Å². The maximum atomic E-state index is 13.1. The molecule has 0 saturated carbocycles. The fraction of sp³-hybridized carbons (Fsp3) is 0.364. The first kappa shape index (κ1) is 22.5. The Hall–Kier alpha value is -2.19. The lowest BCUT2D eigenvalue weighted by Gasteiger charge is -2.29. The van der Waals surface area contributed by atoms with Gasteiger partial charge in [-0.2, -0.15) is 0 Å². The van der Waals surface area contributed by atoms with Crippen molar-refractivity contribution in [3.8, 4) is 5.75 Å². The van der Waals surface area contributed by atoms with E-state index in [1.807, 2.05) is 42.5 Å². The zero-order valence-corrected chi connectivity index (χ0v) is 18.6. The van der Waals surface area contributed by atoms with Gasteiger partial charge in [0.25, 0.3) is 5.91 Å². The second-order valence-corrected chi connectivity index (χ2v) is 8.08. The first-order valence-corrected chi connectivity index (χ1v) is 10.7. The van der Waals surface area contributed by atoms with E-state index >= 15 is 0 Å². The molecule has 30 heavy (non-hydrogen) atoms. The van der Waals surface area contributed by atoms with E-state index in [1.54, 1.807) is 16.2 Å². The molecule has 0 bridgehead atoms. The third-order valence-corrected chi connectivity index (χ3v) is 5.95. The molecular weight excluding hydrogens is 422 g/mol. The van der Waals surface area contributed by atoms with Crippen molar-refractivity contribution >= 4 is 45.0 Å². The van der Waals surface area contributed by atoms with Crippen LogP contribution in [0.2, 0.25) is 0 Å². The molecule has 3 aromatic rings. The van der Waals surface area contributed by atoms with Gasteiger partial charge >= 0.3 is 0 Å². The number of para-hydroxylation sites is 1. The molecule has 1 aliphatic rings. The summed E-state index contributed by atoms with van der Waals surface area (Å²) >= 11 is 1.55. The number of hydrogen-bond acceptors (Lipinski definition) is 6. The third kappa shape index (κ3) is 5.70. The van der Waals surface area contributed by atoms with Crippen LogP contribution in [-0.4, -0.2) is 61.8 Å². The van der Waals surface area contributed by atoms with Crippen LogP contribution < -0.4 is 9.64 Å². The maximum absolute atomic E-state index is 13.1.